The molecule has 25 heavy (non-hydrogen) atoms. The first-order valence-electron chi connectivity index (χ1n) is 8.09. The monoisotopic (exact) mass is 335 g/mol. The Labute approximate surface area is 147 Å². The second-order valence-electron chi connectivity index (χ2n) is 6.86. The first-order valence-corrected chi connectivity index (χ1v) is 8.09. The number of hydrogen-bond acceptors (Lipinski definition) is 4. The molecule has 3 aromatic rings. The maximum absolute atomic E-state index is 11.3. The van der Waals surface area contributed by atoms with Crippen molar-refractivity contribution in [3.63, 3.8) is 0 Å². The Morgan fingerprint density at radius 3 is 2.56 bits per heavy atom. The Bertz CT molecular complexity index is 932. The van der Waals surface area contributed by atoms with Crippen LogP contribution in [0.1, 0.15) is 32.0 Å². The normalized spacial score (nSPS) is 12.0. The van der Waals surface area contributed by atoms with E-state index in [1.165, 1.54) is 18.7 Å². The Morgan fingerprint density at radius 1 is 1.20 bits per heavy atom. The van der Waals surface area contributed by atoms with E-state index < -0.39 is 5.97 Å². The minimum Gasteiger partial charge on any atom is -0.466 e. The average Bonchev–Trinajstić information content (AvgIpc) is 3.06. The van der Waals surface area contributed by atoms with Gasteiger partial charge in [-0.3, -0.25) is 0 Å². The van der Waals surface area contributed by atoms with Gasteiger partial charge in [0.1, 0.15) is 5.69 Å². The number of imidazole rings is 1. The maximum atomic E-state index is 11.3. The number of hydrogen-bond donors (Lipinski definition) is 0. The first-order chi connectivity index (χ1) is 11.9. The zero-order valence-corrected chi connectivity index (χ0v) is 14.9. The van der Waals surface area contributed by atoms with E-state index in [1.54, 1.807) is 12.3 Å². The van der Waals surface area contributed by atoms with Crippen molar-refractivity contribution in [2.45, 2.75) is 26.2 Å². The van der Waals surface area contributed by atoms with Crippen LogP contribution < -0.4 is 0 Å². The molecule has 128 valence electrons. The molecule has 5 heteroatoms. The lowest BCUT2D eigenvalue weighted by Gasteiger charge is -2.19. The topological polar surface area (TPSA) is 56.5 Å². The molecular weight excluding hydrogens is 314 g/mol. The van der Waals surface area contributed by atoms with Crippen molar-refractivity contribution in [3.8, 4) is 11.3 Å². The summed E-state index contributed by atoms with van der Waals surface area (Å²) in [7, 11) is 1.35. The number of fused-ring (bicyclic) bond motifs is 1. The predicted molar refractivity (Wildman–Crippen MR) is 98.2 cm³/mol. The fourth-order valence-corrected chi connectivity index (χ4v) is 2.57. The van der Waals surface area contributed by atoms with Crippen molar-refractivity contribution >= 4 is 17.7 Å². The number of methoxy groups -OCH3 is 1. The number of carbonyl (C=O) groups excluding carboxylic acids is 1. The van der Waals surface area contributed by atoms with Gasteiger partial charge in [-0.15, -0.1) is 0 Å². The van der Waals surface area contributed by atoms with E-state index >= 15 is 0 Å². The van der Waals surface area contributed by atoms with Crippen molar-refractivity contribution in [2.75, 3.05) is 7.11 Å². The van der Waals surface area contributed by atoms with Crippen LogP contribution in [0.2, 0.25) is 0 Å². The second-order valence-corrected chi connectivity index (χ2v) is 6.86. The number of esters is 1. The van der Waals surface area contributed by atoms with Gasteiger partial charge in [0.25, 0.3) is 0 Å². The van der Waals surface area contributed by atoms with Gasteiger partial charge >= 0.3 is 5.97 Å². The summed E-state index contributed by atoms with van der Waals surface area (Å²) >= 11 is 0. The van der Waals surface area contributed by atoms with Crippen LogP contribution in [0.15, 0.2) is 48.9 Å². The van der Waals surface area contributed by atoms with Gasteiger partial charge in [-0.05, 0) is 17.1 Å². The summed E-state index contributed by atoms with van der Waals surface area (Å²) in [5.41, 5.74) is 4.55. The fourth-order valence-electron chi connectivity index (χ4n) is 2.57. The molecule has 0 radical (unpaired) electrons. The van der Waals surface area contributed by atoms with Crippen LogP contribution in [0.25, 0.3) is 23.0 Å². The molecule has 0 aliphatic carbocycles. The highest BCUT2D eigenvalue weighted by Crippen LogP contribution is 2.27. The van der Waals surface area contributed by atoms with E-state index in [9.17, 15) is 4.79 Å². The van der Waals surface area contributed by atoms with Gasteiger partial charge in [-0.25, -0.2) is 14.8 Å². The molecule has 0 atom stereocenters. The van der Waals surface area contributed by atoms with Gasteiger partial charge in [0.2, 0.25) is 0 Å². The molecule has 0 fully saturated rings. The molecule has 3 rings (SSSR count). The lowest BCUT2D eigenvalue weighted by Crippen LogP contribution is -2.10. The molecule has 0 saturated carbocycles. The summed E-state index contributed by atoms with van der Waals surface area (Å²) in [5, 5.41) is 0. The lowest BCUT2D eigenvalue weighted by atomic mass is 9.86. The molecule has 2 aromatic heterocycles. The predicted octanol–water partition coefficient (Wildman–Crippen LogP) is 3.88. The van der Waals surface area contributed by atoms with Gasteiger partial charge < -0.3 is 9.14 Å². The molecule has 1 aromatic carbocycles. The molecule has 0 aliphatic rings. The van der Waals surface area contributed by atoms with E-state index in [0.29, 0.717) is 5.69 Å². The Balaban J connectivity index is 2.07. The number of carbonyl (C=O) groups is 1. The van der Waals surface area contributed by atoms with Crippen LogP contribution in [-0.4, -0.2) is 27.4 Å². The minimum absolute atomic E-state index is 0.0969. The summed E-state index contributed by atoms with van der Waals surface area (Å²) in [6, 6.07) is 8.36. The molecule has 0 bridgehead atoms. The van der Waals surface area contributed by atoms with Gasteiger partial charge in [0.15, 0.2) is 5.65 Å². The van der Waals surface area contributed by atoms with E-state index in [-0.39, 0.29) is 5.41 Å². The van der Waals surface area contributed by atoms with Gasteiger partial charge in [0, 0.05) is 30.2 Å². The van der Waals surface area contributed by atoms with Crippen LogP contribution in [0, 0.1) is 0 Å². The van der Waals surface area contributed by atoms with Crippen LogP contribution in [0.3, 0.4) is 0 Å². The molecule has 0 aliphatic heterocycles. The largest absolute Gasteiger partial charge is 0.466 e. The summed E-state index contributed by atoms with van der Waals surface area (Å²) in [4.78, 5) is 20.4. The molecular formula is C20H21N3O2. The lowest BCUT2D eigenvalue weighted by molar-refractivity contribution is -0.134. The highest BCUT2D eigenvalue weighted by atomic mass is 16.5. The minimum atomic E-state index is -0.413. The van der Waals surface area contributed by atoms with E-state index in [4.69, 9.17) is 0 Å². The van der Waals surface area contributed by atoms with E-state index in [1.807, 2.05) is 16.8 Å². The Morgan fingerprint density at radius 2 is 1.92 bits per heavy atom. The Kier molecular flexibility index (Phi) is 4.40. The number of aromatic nitrogens is 3. The molecule has 0 N–H and O–H groups in total. The highest BCUT2D eigenvalue weighted by molar-refractivity contribution is 5.87. The van der Waals surface area contributed by atoms with E-state index in [0.717, 1.165) is 16.9 Å². The van der Waals surface area contributed by atoms with Crippen LogP contribution >= 0.6 is 0 Å². The van der Waals surface area contributed by atoms with Gasteiger partial charge in [-0.1, -0.05) is 45.0 Å². The van der Waals surface area contributed by atoms with Crippen molar-refractivity contribution < 1.29 is 9.53 Å². The SMILES string of the molecule is COC(=O)/C=C/c1cn2ccnc2c(-c2ccc(C(C)(C)C)cc2)n1. The number of nitrogens with zero attached hydrogens (tertiary/aromatic N) is 3. The van der Waals surface area contributed by atoms with Gasteiger partial charge in [-0.2, -0.15) is 0 Å². The van der Waals surface area contributed by atoms with Crippen LogP contribution in [0.5, 0.6) is 0 Å². The molecule has 0 unspecified atom stereocenters. The quantitative estimate of drug-likeness (QED) is 0.538. The summed E-state index contributed by atoms with van der Waals surface area (Å²) in [6.07, 6.45) is 8.42. The average molecular weight is 335 g/mol. The molecule has 0 spiro atoms. The number of rotatable bonds is 3. The zero-order valence-electron chi connectivity index (χ0n) is 14.9. The van der Waals surface area contributed by atoms with Crippen LogP contribution in [0.4, 0.5) is 0 Å². The molecule has 5 nitrogen and oxygen atoms in total. The van der Waals surface area contributed by atoms with Crippen LogP contribution in [-0.2, 0) is 14.9 Å². The third kappa shape index (κ3) is 3.60. The van der Waals surface area contributed by atoms with Gasteiger partial charge in [0.05, 0.1) is 12.8 Å². The van der Waals surface area contributed by atoms with Crippen molar-refractivity contribution in [1.82, 2.24) is 14.4 Å². The first kappa shape index (κ1) is 16.9. The molecule has 0 saturated heterocycles. The second kappa shape index (κ2) is 6.51. The third-order valence-electron chi connectivity index (χ3n) is 4.01. The number of ether oxygens (including phenoxy) is 1. The highest BCUT2D eigenvalue weighted by Gasteiger charge is 2.15. The summed E-state index contributed by atoms with van der Waals surface area (Å²) < 4.78 is 6.53. The van der Waals surface area contributed by atoms with Crippen molar-refractivity contribution in [2.24, 2.45) is 0 Å². The number of benzene rings is 1. The zero-order chi connectivity index (χ0) is 18.0. The maximum Gasteiger partial charge on any atom is 0.330 e. The van der Waals surface area contributed by atoms with E-state index in [2.05, 4.69) is 59.7 Å². The fraction of sp³-hybridized carbons (Fsp3) is 0.250. The van der Waals surface area contributed by atoms with Crippen molar-refractivity contribution in [1.29, 1.82) is 0 Å². The summed E-state index contributed by atoms with van der Waals surface area (Å²) in [6.45, 7) is 6.56. The standard InChI is InChI=1S/C20H21N3O2/c1-20(2,3)15-7-5-14(6-8-15)18-19-21-11-12-23(19)13-16(22-18)9-10-17(24)25-4/h5-13H,1-4H3/b10-9+. The smallest absolute Gasteiger partial charge is 0.330 e. The summed E-state index contributed by atoms with van der Waals surface area (Å²) in [5.74, 6) is -0.413. The van der Waals surface area contributed by atoms with Crippen molar-refractivity contribution in [3.05, 3.63) is 60.2 Å². The molecule has 2 heterocycles. The Hall–Kier alpha value is -2.95. The third-order valence-corrected chi connectivity index (χ3v) is 4.01. The molecule has 0 amide bonds.